The van der Waals surface area contributed by atoms with Gasteiger partial charge < -0.3 is 4.90 Å². The summed E-state index contributed by atoms with van der Waals surface area (Å²) in [7, 11) is 1.87. The van der Waals surface area contributed by atoms with E-state index in [0.717, 1.165) is 30.6 Å². The van der Waals surface area contributed by atoms with Gasteiger partial charge in [0.1, 0.15) is 0 Å². The Bertz CT molecular complexity index is 822. The average Bonchev–Trinajstić information content (AvgIpc) is 3.03. The Kier molecular flexibility index (Phi) is 4.38. The summed E-state index contributed by atoms with van der Waals surface area (Å²) < 4.78 is 1.77. The van der Waals surface area contributed by atoms with Crippen LogP contribution in [0.1, 0.15) is 42.5 Å². The van der Waals surface area contributed by atoms with Crippen LogP contribution in [0.4, 0.5) is 0 Å². The molecule has 1 amide bonds. The van der Waals surface area contributed by atoms with Crippen molar-refractivity contribution in [2.75, 3.05) is 6.54 Å². The lowest BCUT2D eigenvalue weighted by atomic mass is 9.84. The van der Waals surface area contributed by atoms with Gasteiger partial charge in [0.05, 0.1) is 17.5 Å². The highest BCUT2D eigenvalue weighted by Crippen LogP contribution is 2.36. The molecule has 4 nitrogen and oxygen atoms in total. The van der Waals surface area contributed by atoms with E-state index >= 15 is 0 Å². The van der Waals surface area contributed by atoms with E-state index in [4.69, 9.17) is 11.6 Å². The van der Waals surface area contributed by atoms with Gasteiger partial charge in [-0.15, -0.1) is 0 Å². The predicted molar refractivity (Wildman–Crippen MR) is 99.3 cm³/mol. The fraction of sp³-hybridized carbons (Fsp3) is 0.400. The molecule has 1 aliphatic carbocycles. The highest BCUT2D eigenvalue weighted by Gasteiger charge is 2.32. The Morgan fingerprint density at radius 1 is 1.20 bits per heavy atom. The lowest BCUT2D eigenvalue weighted by Gasteiger charge is -2.38. The lowest BCUT2D eigenvalue weighted by Crippen LogP contribution is -2.39. The normalized spacial score (nSPS) is 20.2. The number of rotatable bonds is 2. The average molecular weight is 356 g/mol. The van der Waals surface area contributed by atoms with Gasteiger partial charge in [-0.3, -0.25) is 9.48 Å². The number of fused-ring (bicyclic) bond motifs is 1. The quantitative estimate of drug-likeness (QED) is 0.785. The molecule has 0 bridgehead atoms. The molecule has 130 valence electrons. The Labute approximate surface area is 153 Å². The number of carbonyl (C=O) groups is 1. The molecule has 1 saturated heterocycles. The highest BCUT2D eigenvalue weighted by atomic mass is 35.5. The fourth-order valence-corrected chi connectivity index (χ4v) is 4.21. The molecule has 1 aromatic carbocycles. The molecule has 1 unspecified atom stereocenters. The van der Waals surface area contributed by atoms with Crippen molar-refractivity contribution < 1.29 is 4.79 Å². The zero-order valence-corrected chi connectivity index (χ0v) is 15.2. The minimum atomic E-state index is 0.0656. The summed E-state index contributed by atoms with van der Waals surface area (Å²) in [6.45, 7) is 0.802. The van der Waals surface area contributed by atoms with E-state index < -0.39 is 0 Å². The van der Waals surface area contributed by atoms with Crippen molar-refractivity contribution in [3.8, 4) is 11.3 Å². The molecule has 2 aliphatic rings. The van der Waals surface area contributed by atoms with Crippen LogP contribution in [0.15, 0.2) is 42.2 Å². The molecule has 0 spiro atoms. The van der Waals surface area contributed by atoms with Crippen LogP contribution in [0.3, 0.4) is 0 Å². The first-order chi connectivity index (χ1) is 12.1. The molecular formula is C20H22ClN3O. The highest BCUT2D eigenvalue weighted by molar-refractivity contribution is 6.30. The van der Waals surface area contributed by atoms with Crippen LogP contribution < -0.4 is 0 Å². The van der Waals surface area contributed by atoms with Gasteiger partial charge in [0, 0.05) is 29.9 Å². The Morgan fingerprint density at radius 2 is 1.96 bits per heavy atom. The Hall–Kier alpha value is -2.07. The number of nitrogens with zero attached hydrogens (tertiary/aromatic N) is 3. The van der Waals surface area contributed by atoms with Crippen LogP contribution in [-0.4, -0.2) is 27.1 Å². The van der Waals surface area contributed by atoms with E-state index in [-0.39, 0.29) is 5.91 Å². The first-order valence-electron chi connectivity index (χ1n) is 8.95. The van der Waals surface area contributed by atoms with Crippen LogP contribution >= 0.6 is 11.6 Å². The molecular weight excluding hydrogens is 334 g/mol. The van der Waals surface area contributed by atoms with E-state index in [1.54, 1.807) is 10.9 Å². The van der Waals surface area contributed by atoms with E-state index in [1.807, 2.05) is 36.2 Å². The first-order valence-corrected chi connectivity index (χ1v) is 9.33. The van der Waals surface area contributed by atoms with Crippen LogP contribution in [0.25, 0.3) is 11.3 Å². The molecule has 25 heavy (non-hydrogen) atoms. The van der Waals surface area contributed by atoms with Gasteiger partial charge in [0.15, 0.2) is 0 Å². The maximum absolute atomic E-state index is 13.3. The summed E-state index contributed by atoms with van der Waals surface area (Å²) >= 11 is 6.01. The molecule has 0 N–H and O–H groups in total. The van der Waals surface area contributed by atoms with Gasteiger partial charge in [-0.1, -0.05) is 29.8 Å². The van der Waals surface area contributed by atoms with Gasteiger partial charge in [0.2, 0.25) is 0 Å². The largest absolute Gasteiger partial charge is 0.312 e. The van der Waals surface area contributed by atoms with Crippen LogP contribution in [0.2, 0.25) is 5.02 Å². The molecule has 4 rings (SSSR count). The number of aryl methyl sites for hydroxylation is 1. The SMILES string of the molecule is Cn1ncc(C(=O)N2CCCC3CCCC=C32)c1-c1ccc(Cl)cc1. The van der Waals surface area contributed by atoms with Crippen LogP contribution in [0, 0.1) is 5.92 Å². The van der Waals surface area contributed by atoms with Gasteiger partial charge >= 0.3 is 0 Å². The number of halogens is 1. The Balaban J connectivity index is 1.71. The van der Waals surface area contributed by atoms with Crippen molar-refractivity contribution in [1.29, 1.82) is 0 Å². The minimum Gasteiger partial charge on any atom is -0.312 e. The van der Waals surface area contributed by atoms with E-state index in [1.165, 1.54) is 25.0 Å². The number of hydrogen-bond acceptors (Lipinski definition) is 2. The maximum Gasteiger partial charge on any atom is 0.261 e. The number of amides is 1. The molecule has 1 atom stereocenters. The summed E-state index contributed by atoms with van der Waals surface area (Å²) in [6.07, 6.45) is 9.75. The van der Waals surface area contributed by atoms with Crippen molar-refractivity contribution in [2.24, 2.45) is 13.0 Å². The molecule has 0 radical (unpaired) electrons. The third-order valence-corrected chi connectivity index (χ3v) is 5.56. The van der Waals surface area contributed by atoms with Crippen molar-refractivity contribution in [3.05, 3.63) is 52.8 Å². The summed E-state index contributed by atoms with van der Waals surface area (Å²) in [6, 6.07) is 7.57. The topological polar surface area (TPSA) is 38.1 Å². The zero-order valence-electron chi connectivity index (χ0n) is 14.4. The first kappa shape index (κ1) is 16.4. The number of piperidine rings is 1. The second-order valence-corrected chi connectivity index (χ2v) is 7.33. The molecule has 1 aliphatic heterocycles. The molecule has 1 fully saturated rings. The summed E-state index contributed by atoms with van der Waals surface area (Å²) in [5.74, 6) is 0.609. The van der Waals surface area contributed by atoms with Crippen molar-refractivity contribution in [3.63, 3.8) is 0 Å². The third-order valence-electron chi connectivity index (χ3n) is 5.31. The van der Waals surface area contributed by atoms with Crippen molar-refractivity contribution >= 4 is 17.5 Å². The van der Waals surface area contributed by atoms with Gasteiger partial charge in [-0.05, 0) is 50.2 Å². The summed E-state index contributed by atoms with van der Waals surface area (Å²) in [5.41, 5.74) is 3.70. The second-order valence-electron chi connectivity index (χ2n) is 6.89. The number of carbonyl (C=O) groups excluding carboxylic acids is 1. The summed E-state index contributed by atoms with van der Waals surface area (Å²) in [5, 5.41) is 5.04. The van der Waals surface area contributed by atoms with Gasteiger partial charge in [0.25, 0.3) is 5.91 Å². The number of benzene rings is 1. The zero-order chi connectivity index (χ0) is 17.4. The number of aromatic nitrogens is 2. The number of likely N-dealkylation sites (tertiary alicyclic amines) is 1. The fourth-order valence-electron chi connectivity index (χ4n) is 4.08. The van der Waals surface area contributed by atoms with E-state index in [2.05, 4.69) is 11.2 Å². The maximum atomic E-state index is 13.3. The van der Waals surface area contributed by atoms with Crippen LogP contribution in [-0.2, 0) is 7.05 Å². The standard InChI is InChI=1S/C20H22ClN3O/c1-23-19(15-8-10-16(21)11-9-15)17(13-22-23)20(25)24-12-4-6-14-5-2-3-7-18(14)24/h7-11,13-14H,2-6,12H2,1H3. The lowest BCUT2D eigenvalue weighted by molar-refractivity contribution is 0.0749. The molecule has 0 saturated carbocycles. The minimum absolute atomic E-state index is 0.0656. The van der Waals surface area contributed by atoms with Crippen molar-refractivity contribution in [1.82, 2.24) is 14.7 Å². The molecule has 2 heterocycles. The second kappa shape index (κ2) is 6.68. The monoisotopic (exact) mass is 355 g/mol. The number of allylic oxidation sites excluding steroid dienone is 2. The third kappa shape index (κ3) is 2.99. The smallest absolute Gasteiger partial charge is 0.261 e. The molecule has 2 aromatic rings. The Morgan fingerprint density at radius 3 is 2.76 bits per heavy atom. The van der Waals surface area contributed by atoms with Gasteiger partial charge in [-0.25, -0.2) is 0 Å². The molecule has 5 heteroatoms. The predicted octanol–water partition coefficient (Wildman–Crippen LogP) is 4.66. The van der Waals surface area contributed by atoms with Crippen molar-refractivity contribution in [2.45, 2.75) is 32.1 Å². The van der Waals surface area contributed by atoms with Gasteiger partial charge in [-0.2, -0.15) is 5.10 Å². The molecule has 1 aromatic heterocycles. The van der Waals surface area contributed by atoms with E-state index in [9.17, 15) is 4.79 Å². The van der Waals surface area contributed by atoms with Crippen LogP contribution in [0.5, 0.6) is 0 Å². The number of hydrogen-bond donors (Lipinski definition) is 0. The summed E-state index contributed by atoms with van der Waals surface area (Å²) in [4.78, 5) is 15.3. The van der Waals surface area contributed by atoms with E-state index in [0.29, 0.717) is 16.5 Å².